The number of nitrogens with zero attached hydrogens (tertiary/aromatic N) is 2. The van der Waals surface area contributed by atoms with Crippen LogP contribution in [0.1, 0.15) is 11.1 Å². The molecular weight excluding hydrogens is 276 g/mol. The van der Waals surface area contributed by atoms with Crippen molar-refractivity contribution in [3.05, 3.63) is 35.4 Å². The second-order valence-electron chi connectivity index (χ2n) is 4.79. The fraction of sp³-hybridized carbons (Fsp3) is 0.571. The van der Waals surface area contributed by atoms with Gasteiger partial charge in [-0.2, -0.15) is 0 Å². The van der Waals surface area contributed by atoms with Crippen LogP contribution in [0.3, 0.4) is 0 Å². The molecule has 0 saturated carbocycles. The molecule has 1 fully saturated rings. The molecule has 0 spiro atoms. The van der Waals surface area contributed by atoms with Gasteiger partial charge in [0.05, 0.1) is 0 Å². The van der Waals surface area contributed by atoms with E-state index in [1.807, 2.05) is 0 Å². The zero-order chi connectivity index (χ0) is 12.1. The second kappa shape index (κ2) is 6.53. The van der Waals surface area contributed by atoms with E-state index >= 15 is 0 Å². The Morgan fingerprint density at radius 2 is 1.59 bits per heavy atom. The first-order valence-electron chi connectivity index (χ1n) is 6.34. The third kappa shape index (κ3) is 4.09. The Kier molecular flexibility index (Phi) is 5.01. The van der Waals surface area contributed by atoms with Gasteiger partial charge in [-0.25, -0.2) is 0 Å². The summed E-state index contributed by atoms with van der Waals surface area (Å²) in [6.07, 6.45) is 0. The number of hydrogen-bond acceptors (Lipinski definition) is 2. The number of aryl methyl sites for hydroxylation is 1. The van der Waals surface area contributed by atoms with E-state index in [0.717, 1.165) is 11.9 Å². The topological polar surface area (TPSA) is 6.48 Å². The minimum Gasteiger partial charge on any atom is -0.300 e. The normalized spacial score (nSPS) is 18.5. The lowest BCUT2D eigenvalue weighted by atomic mass is 10.1. The van der Waals surface area contributed by atoms with E-state index in [1.165, 1.54) is 43.9 Å². The summed E-state index contributed by atoms with van der Waals surface area (Å²) in [6, 6.07) is 8.91. The molecule has 17 heavy (non-hydrogen) atoms. The van der Waals surface area contributed by atoms with Gasteiger partial charge in [0.2, 0.25) is 0 Å². The fourth-order valence-corrected chi connectivity index (χ4v) is 2.74. The molecule has 1 aromatic rings. The Labute approximate surface area is 113 Å². The highest BCUT2D eigenvalue weighted by molar-refractivity contribution is 9.09. The van der Waals surface area contributed by atoms with Crippen LogP contribution >= 0.6 is 15.9 Å². The van der Waals surface area contributed by atoms with Gasteiger partial charge in [-0.05, 0) is 12.5 Å². The largest absolute Gasteiger partial charge is 0.300 e. The maximum Gasteiger partial charge on any atom is 0.0234 e. The van der Waals surface area contributed by atoms with Crippen molar-refractivity contribution in [3.8, 4) is 0 Å². The van der Waals surface area contributed by atoms with E-state index in [1.54, 1.807) is 0 Å². The second-order valence-corrected chi connectivity index (χ2v) is 5.59. The molecule has 3 heteroatoms. The lowest BCUT2D eigenvalue weighted by Crippen LogP contribution is -2.46. The molecule has 0 bridgehead atoms. The summed E-state index contributed by atoms with van der Waals surface area (Å²) in [4.78, 5) is 5.08. The van der Waals surface area contributed by atoms with Crippen LogP contribution in [-0.2, 0) is 6.54 Å². The average Bonchev–Trinajstić information content (AvgIpc) is 2.35. The molecule has 2 nitrogen and oxygen atoms in total. The lowest BCUT2D eigenvalue weighted by molar-refractivity contribution is 0.133. The van der Waals surface area contributed by atoms with E-state index in [2.05, 4.69) is 56.9 Å². The van der Waals surface area contributed by atoms with E-state index in [4.69, 9.17) is 0 Å². The van der Waals surface area contributed by atoms with Crippen molar-refractivity contribution < 1.29 is 0 Å². The maximum atomic E-state index is 3.51. The van der Waals surface area contributed by atoms with Crippen molar-refractivity contribution in [3.63, 3.8) is 0 Å². The van der Waals surface area contributed by atoms with Gasteiger partial charge < -0.3 is 0 Å². The molecule has 1 aliphatic rings. The minimum atomic E-state index is 1.09. The van der Waals surface area contributed by atoms with Crippen LogP contribution in [0.2, 0.25) is 0 Å². The van der Waals surface area contributed by atoms with Gasteiger partial charge in [0, 0.05) is 44.6 Å². The molecule has 0 atom stereocenters. The lowest BCUT2D eigenvalue weighted by Gasteiger charge is -2.34. The third-order valence-electron chi connectivity index (χ3n) is 3.39. The molecule has 1 aromatic carbocycles. The van der Waals surface area contributed by atoms with Gasteiger partial charge in [0.1, 0.15) is 0 Å². The zero-order valence-corrected chi connectivity index (χ0v) is 12.1. The van der Waals surface area contributed by atoms with Crippen LogP contribution in [0.25, 0.3) is 0 Å². The number of halogens is 1. The molecule has 0 unspecified atom stereocenters. The Hall–Kier alpha value is -0.380. The molecule has 0 aliphatic carbocycles. The first-order valence-corrected chi connectivity index (χ1v) is 7.46. The summed E-state index contributed by atoms with van der Waals surface area (Å²) in [5, 5.41) is 1.09. The Balaban J connectivity index is 1.79. The Morgan fingerprint density at radius 3 is 2.18 bits per heavy atom. The summed E-state index contributed by atoms with van der Waals surface area (Å²) in [5.74, 6) is 0. The first kappa shape index (κ1) is 13.1. The molecule has 94 valence electrons. The fourth-order valence-electron chi connectivity index (χ4n) is 2.24. The summed E-state index contributed by atoms with van der Waals surface area (Å²) >= 11 is 3.51. The van der Waals surface area contributed by atoms with Gasteiger partial charge in [-0.1, -0.05) is 45.8 Å². The summed E-state index contributed by atoms with van der Waals surface area (Å²) in [6.45, 7) is 9.22. The van der Waals surface area contributed by atoms with Crippen LogP contribution in [0, 0.1) is 6.92 Å². The average molecular weight is 297 g/mol. The van der Waals surface area contributed by atoms with Crippen molar-refractivity contribution in [2.24, 2.45) is 0 Å². The van der Waals surface area contributed by atoms with E-state index in [9.17, 15) is 0 Å². The van der Waals surface area contributed by atoms with Crippen LogP contribution in [-0.4, -0.2) is 47.9 Å². The van der Waals surface area contributed by atoms with Gasteiger partial charge in [-0.3, -0.25) is 9.80 Å². The van der Waals surface area contributed by atoms with Gasteiger partial charge in [-0.15, -0.1) is 0 Å². The highest BCUT2D eigenvalue weighted by atomic mass is 79.9. The van der Waals surface area contributed by atoms with Crippen molar-refractivity contribution in [1.29, 1.82) is 0 Å². The van der Waals surface area contributed by atoms with Crippen molar-refractivity contribution in [1.82, 2.24) is 9.80 Å². The molecule has 2 rings (SSSR count). The predicted molar refractivity (Wildman–Crippen MR) is 76.7 cm³/mol. The molecule has 0 amide bonds. The number of benzene rings is 1. The molecule has 0 N–H and O–H groups in total. The van der Waals surface area contributed by atoms with Crippen molar-refractivity contribution in [2.75, 3.05) is 38.1 Å². The van der Waals surface area contributed by atoms with E-state index < -0.39 is 0 Å². The summed E-state index contributed by atoms with van der Waals surface area (Å²) in [7, 11) is 0. The number of alkyl halides is 1. The number of piperazine rings is 1. The van der Waals surface area contributed by atoms with Crippen molar-refractivity contribution >= 4 is 15.9 Å². The molecule has 0 aromatic heterocycles. The van der Waals surface area contributed by atoms with Crippen LogP contribution in [0.15, 0.2) is 24.3 Å². The predicted octanol–water partition coefficient (Wildman–Crippen LogP) is 2.51. The highest BCUT2D eigenvalue weighted by Gasteiger charge is 2.15. The number of rotatable bonds is 4. The van der Waals surface area contributed by atoms with Crippen LogP contribution in [0.4, 0.5) is 0 Å². The van der Waals surface area contributed by atoms with E-state index in [0.29, 0.717) is 0 Å². The van der Waals surface area contributed by atoms with Crippen molar-refractivity contribution in [2.45, 2.75) is 13.5 Å². The van der Waals surface area contributed by atoms with Gasteiger partial charge in [0.15, 0.2) is 0 Å². The van der Waals surface area contributed by atoms with Gasteiger partial charge in [0.25, 0.3) is 0 Å². The smallest absolute Gasteiger partial charge is 0.0234 e. The highest BCUT2D eigenvalue weighted by Crippen LogP contribution is 2.09. The molecule has 1 saturated heterocycles. The number of hydrogen-bond donors (Lipinski definition) is 0. The van der Waals surface area contributed by atoms with Gasteiger partial charge >= 0.3 is 0 Å². The minimum absolute atomic E-state index is 1.09. The van der Waals surface area contributed by atoms with E-state index in [-0.39, 0.29) is 0 Å². The molecule has 1 heterocycles. The van der Waals surface area contributed by atoms with Crippen LogP contribution < -0.4 is 0 Å². The Bertz CT molecular complexity index is 329. The molecule has 0 radical (unpaired) electrons. The zero-order valence-electron chi connectivity index (χ0n) is 10.5. The monoisotopic (exact) mass is 296 g/mol. The quantitative estimate of drug-likeness (QED) is 0.788. The summed E-state index contributed by atoms with van der Waals surface area (Å²) in [5.41, 5.74) is 2.78. The Morgan fingerprint density at radius 1 is 1.00 bits per heavy atom. The molecule has 1 aliphatic heterocycles. The maximum absolute atomic E-state index is 3.51. The van der Waals surface area contributed by atoms with Crippen LogP contribution in [0.5, 0.6) is 0 Å². The third-order valence-corrected chi connectivity index (χ3v) is 3.75. The first-order chi connectivity index (χ1) is 8.28. The SMILES string of the molecule is Cc1ccc(CN2CCN(CCBr)CC2)cc1. The standard InChI is InChI=1S/C14H21BrN2/c1-13-2-4-14(5-3-13)12-17-10-8-16(7-6-15)9-11-17/h2-5H,6-12H2,1H3. The summed E-state index contributed by atoms with van der Waals surface area (Å²) < 4.78 is 0. The molecular formula is C14H21BrN2.